The maximum absolute atomic E-state index is 12.6. The molecule has 138 valence electrons. The van der Waals surface area contributed by atoms with Gasteiger partial charge in [0.05, 0.1) is 11.5 Å². The molecule has 1 aromatic heterocycles. The van der Waals surface area contributed by atoms with Gasteiger partial charge in [-0.2, -0.15) is 0 Å². The molecule has 10 nitrogen and oxygen atoms in total. The number of non-ortho nitro benzene ring substituents is 1. The molecule has 0 aliphatic heterocycles. The minimum Gasteiger partial charge on any atom is -0.465 e. The predicted octanol–water partition coefficient (Wildman–Crippen LogP) is 2.72. The highest BCUT2D eigenvalue weighted by Crippen LogP contribution is 2.34. The number of carbonyl (C=O) groups is 1. The van der Waals surface area contributed by atoms with Gasteiger partial charge in [0.25, 0.3) is 5.69 Å². The van der Waals surface area contributed by atoms with E-state index in [9.17, 15) is 25.0 Å². The summed E-state index contributed by atoms with van der Waals surface area (Å²) < 4.78 is 6.67. The normalized spacial score (nSPS) is 11.8. The fourth-order valence-electron chi connectivity index (χ4n) is 2.80. The lowest BCUT2D eigenvalue weighted by atomic mass is 9.95. The minimum atomic E-state index is -1.11. The summed E-state index contributed by atoms with van der Waals surface area (Å²) in [7, 11) is 0. The van der Waals surface area contributed by atoms with E-state index in [-0.39, 0.29) is 18.0 Å². The number of nitrogens with zero attached hydrogens (tertiary/aromatic N) is 4. The van der Waals surface area contributed by atoms with Crippen molar-refractivity contribution in [1.82, 2.24) is 9.55 Å². The maximum Gasteiger partial charge on any atom is 0.386 e. The van der Waals surface area contributed by atoms with Gasteiger partial charge in [0.1, 0.15) is 11.6 Å². The largest absolute Gasteiger partial charge is 0.465 e. The summed E-state index contributed by atoms with van der Waals surface area (Å²) in [6.07, 6.45) is 0. The van der Waals surface area contributed by atoms with E-state index in [1.54, 1.807) is 25.3 Å². The van der Waals surface area contributed by atoms with Crippen molar-refractivity contribution in [3.8, 4) is 0 Å². The van der Waals surface area contributed by atoms with Crippen molar-refractivity contribution in [2.24, 2.45) is 0 Å². The second-order valence-electron chi connectivity index (χ2n) is 5.40. The van der Waals surface area contributed by atoms with Crippen LogP contribution in [0, 0.1) is 27.2 Å². The Morgan fingerprint density at radius 2 is 1.81 bits per heavy atom. The second kappa shape index (κ2) is 7.72. The summed E-state index contributed by atoms with van der Waals surface area (Å²) in [6.45, 7) is 5.47. The fraction of sp³-hybridized carbons (Fsp3) is 0.375. The van der Waals surface area contributed by atoms with Crippen molar-refractivity contribution in [3.05, 3.63) is 61.6 Å². The number of nitro groups is 2. The molecule has 0 fully saturated rings. The van der Waals surface area contributed by atoms with E-state index in [1.165, 1.54) is 24.3 Å². The monoisotopic (exact) mass is 362 g/mol. The first-order valence-corrected chi connectivity index (χ1v) is 7.94. The van der Waals surface area contributed by atoms with Crippen molar-refractivity contribution >= 4 is 17.5 Å². The maximum atomic E-state index is 12.6. The first-order valence-electron chi connectivity index (χ1n) is 7.94. The zero-order chi connectivity index (χ0) is 19.4. The second-order valence-corrected chi connectivity index (χ2v) is 5.40. The van der Waals surface area contributed by atoms with Gasteiger partial charge in [0.15, 0.2) is 0 Å². The molecule has 26 heavy (non-hydrogen) atoms. The summed E-state index contributed by atoms with van der Waals surface area (Å²) in [5, 5.41) is 22.3. The van der Waals surface area contributed by atoms with Crippen LogP contribution in [-0.4, -0.2) is 32.0 Å². The Labute approximate surface area is 148 Å². The van der Waals surface area contributed by atoms with Gasteiger partial charge in [-0.15, -0.1) is 0 Å². The molecule has 2 rings (SSSR count). The van der Waals surface area contributed by atoms with Crippen LogP contribution in [0.5, 0.6) is 0 Å². The number of ether oxygens (including phenoxy) is 1. The van der Waals surface area contributed by atoms with E-state index in [0.29, 0.717) is 17.9 Å². The number of rotatable bonds is 7. The SMILES string of the molecule is CCOC(=O)C(c1ccc([N+](=O)[O-])cc1)c1c([N+](=O)[O-])nc(C)n1CC. The third-order valence-electron chi connectivity index (χ3n) is 3.90. The van der Waals surface area contributed by atoms with Crippen LogP contribution in [0.3, 0.4) is 0 Å². The lowest BCUT2D eigenvalue weighted by molar-refractivity contribution is -0.390. The smallest absolute Gasteiger partial charge is 0.386 e. The average molecular weight is 362 g/mol. The quantitative estimate of drug-likeness (QED) is 0.420. The Morgan fingerprint density at radius 1 is 1.19 bits per heavy atom. The highest BCUT2D eigenvalue weighted by atomic mass is 16.6. The number of hydrogen-bond acceptors (Lipinski definition) is 7. The summed E-state index contributed by atoms with van der Waals surface area (Å²) in [5.74, 6) is -1.83. The Hall–Kier alpha value is -3.30. The van der Waals surface area contributed by atoms with Crippen LogP contribution >= 0.6 is 0 Å². The molecule has 0 radical (unpaired) electrons. The summed E-state index contributed by atoms with van der Waals surface area (Å²) in [4.78, 5) is 37.6. The van der Waals surface area contributed by atoms with Crippen LogP contribution in [0.2, 0.25) is 0 Å². The molecule has 0 aliphatic carbocycles. The first-order chi connectivity index (χ1) is 12.3. The summed E-state index contributed by atoms with van der Waals surface area (Å²) in [6, 6.07) is 5.28. The van der Waals surface area contributed by atoms with E-state index in [1.807, 2.05) is 0 Å². The Bertz CT molecular complexity index is 843. The van der Waals surface area contributed by atoms with E-state index < -0.39 is 27.6 Å². The van der Waals surface area contributed by atoms with Crippen molar-refractivity contribution in [3.63, 3.8) is 0 Å². The number of benzene rings is 1. The van der Waals surface area contributed by atoms with Crippen molar-refractivity contribution in [2.45, 2.75) is 33.2 Å². The molecule has 0 N–H and O–H groups in total. The fourth-order valence-corrected chi connectivity index (χ4v) is 2.80. The van der Waals surface area contributed by atoms with Gasteiger partial charge in [-0.25, -0.2) is 0 Å². The molecule has 0 spiro atoms. The zero-order valence-electron chi connectivity index (χ0n) is 14.5. The summed E-state index contributed by atoms with van der Waals surface area (Å²) >= 11 is 0. The van der Waals surface area contributed by atoms with E-state index in [0.717, 1.165) is 0 Å². The minimum absolute atomic E-state index is 0.0926. The van der Waals surface area contributed by atoms with Crippen LogP contribution in [0.4, 0.5) is 11.5 Å². The molecule has 10 heteroatoms. The molecule has 2 aromatic rings. The van der Waals surface area contributed by atoms with Crippen LogP contribution in [-0.2, 0) is 16.1 Å². The van der Waals surface area contributed by atoms with Crippen molar-refractivity contribution in [2.75, 3.05) is 6.61 Å². The third-order valence-corrected chi connectivity index (χ3v) is 3.90. The van der Waals surface area contributed by atoms with Gasteiger partial charge in [0.2, 0.25) is 5.82 Å². The van der Waals surface area contributed by atoms with Crippen LogP contribution in [0.15, 0.2) is 24.3 Å². The molecule has 0 saturated heterocycles. The molecule has 0 saturated carbocycles. The number of hydrogen-bond donors (Lipinski definition) is 0. The number of imidazole rings is 1. The van der Waals surface area contributed by atoms with Gasteiger partial charge in [0, 0.05) is 25.6 Å². The van der Waals surface area contributed by atoms with Gasteiger partial charge in [-0.3, -0.25) is 14.9 Å². The van der Waals surface area contributed by atoms with Crippen molar-refractivity contribution < 1.29 is 19.4 Å². The Morgan fingerprint density at radius 3 is 2.27 bits per heavy atom. The van der Waals surface area contributed by atoms with Crippen LogP contribution in [0.25, 0.3) is 0 Å². The lowest BCUT2D eigenvalue weighted by Gasteiger charge is -2.17. The molecule has 1 atom stereocenters. The number of nitro benzene ring substituents is 1. The molecular formula is C16H18N4O6. The number of aryl methyl sites for hydroxylation is 1. The standard InChI is InChI=1S/C16H18N4O6/c1-4-18-10(3)17-15(20(24)25)14(18)13(16(21)26-5-2)11-6-8-12(9-7-11)19(22)23/h6-9,13H,4-5H2,1-3H3. The first kappa shape index (κ1) is 19.0. The molecule has 0 amide bonds. The van der Waals surface area contributed by atoms with Crippen LogP contribution in [0.1, 0.15) is 36.8 Å². The van der Waals surface area contributed by atoms with Crippen molar-refractivity contribution in [1.29, 1.82) is 0 Å². The Kier molecular flexibility index (Phi) is 5.65. The number of esters is 1. The number of aromatic nitrogens is 2. The molecule has 1 unspecified atom stereocenters. The van der Waals surface area contributed by atoms with Crippen LogP contribution < -0.4 is 0 Å². The van der Waals surface area contributed by atoms with Gasteiger partial charge >= 0.3 is 11.8 Å². The van der Waals surface area contributed by atoms with Gasteiger partial charge in [-0.05, 0) is 29.3 Å². The predicted molar refractivity (Wildman–Crippen MR) is 90.9 cm³/mol. The highest BCUT2D eigenvalue weighted by Gasteiger charge is 2.37. The third kappa shape index (κ3) is 3.53. The van der Waals surface area contributed by atoms with Gasteiger partial charge in [-0.1, -0.05) is 12.1 Å². The van der Waals surface area contributed by atoms with Gasteiger partial charge < -0.3 is 19.4 Å². The number of carbonyl (C=O) groups excluding carboxylic acids is 1. The van der Waals surface area contributed by atoms with E-state index >= 15 is 0 Å². The Balaban J connectivity index is 2.68. The lowest BCUT2D eigenvalue weighted by Crippen LogP contribution is -2.21. The molecule has 0 aliphatic rings. The molecule has 0 bridgehead atoms. The van der Waals surface area contributed by atoms with E-state index in [2.05, 4.69) is 4.98 Å². The molecule has 1 heterocycles. The molecular weight excluding hydrogens is 344 g/mol. The highest BCUT2D eigenvalue weighted by molar-refractivity contribution is 5.83. The average Bonchev–Trinajstić information content (AvgIpc) is 2.92. The molecule has 1 aromatic carbocycles. The van der Waals surface area contributed by atoms with E-state index in [4.69, 9.17) is 4.74 Å². The summed E-state index contributed by atoms with van der Waals surface area (Å²) in [5.41, 5.74) is 0.306. The topological polar surface area (TPSA) is 130 Å². The zero-order valence-corrected chi connectivity index (χ0v) is 14.5.